The Morgan fingerprint density at radius 2 is 2.10 bits per heavy atom. The summed E-state index contributed by atoms with van der Waals surface area (Å²) in [6.45, 7) is 4.95. The molecule has 0 aliphatic rings. The lowest BCUT2D eigenvalue weighted by atomic mass is 10.1. The first-order valence-electron chi connectivity index (χ1n) is 6.87. The SMILES string of the molecule is CCCNc1ccc(C(=O)Nc2ccc(Cl)cn2)c(C)c1. The number of anilines is 2. The summed E-state index contributed by atoms with van der Waals surface area (Å²) in [5.41, 5.74) is 2.58. The molecule has 1 aromatic carbocycles. The van der Waals surface area contributed by atoms with E-state index < -0.39 is 0 Å². The third kappa shape index (κ3) is 4.20. The highest BCUT2D eigenvalue weighted by molar-refractivity contribution is 6.30. The van der Waals surface area contributed by atoms with Crippen molar-refractivity contribution in [3.05, 3.63) is 52.7 Å². The largest absolute Gasteiger partial charge is 0.385 e. The van der Waals surface area contributed by atoms with Crippen LogP contribution in [0.5, 0.6) is 0 Å². The Hall–Kier alpha value is -2.07. The summed E-state index contributed by atoms with van der Waals surface area (Å²) in [6, 6.07) is 9.06. The summed E-state index contributed by atoms with van der Waals surface area (Å²) in [6.07, 6.45) is 2.56. The number of hydrogen-bond donors (Lipinski definition) is 2. The van der Waals surface area contributed by atoms with Crippen molar-refractivity contribution in [2.24, 2.45) is 0 Å². The molecule has 2 aromatic rings. The third-order valence-electron chi connectivity index (χ3n) is 3.02. The van der Waals surface area contributed by atoms with Gasteiger partial charge in [-0.2, -0.15) is 0 Å². The molecule has 0 radical (unpaired) electrons. The third-order valence-corrected chi connectivity index (χ3v) is 3.24. The van der Waals surface area contributed by atoms with Crippen molar-refractivity contribution in [3.63, 3.8) is 0 Å². The molecule has 1 aromatic heterocycles. The Balaban J connectivity index is 2.10. The minimum Gasteiger partial charge on any atom is -0.385 e. The van der Waals surface area contributed by atoms with Crippen LogP contribution >= 0.6 is 11.6 Å². The van der Waals surface area contributed by atoms with Gasteiger partial charge in [-0.05, 0) is 49.2 Å². The Morgan fingerprint density at radius 1 is 1.29 bits per heavy atom. The molecule has 0 spiro atoms. The maximum Gasteiger partial charge on any atom is 0.257 e. The van der Waals surface area contributed by atoms with Crippen molar-refractivity contribution >= 4 is 29.0 Å². The highest BCUT2D eigenvalue weighted by atomic mass is 35.5. The smallest absolute Gasteiger partial charge is 0.257 e. The number of nitrogens with one attached hydrogen (secondary N) is 2. The van der Waals surface area contributed by atoms with E-state index in [4.69, 9.17) is 11.6 Å². The molecule has 4 nitrogen and oxygen atoms in total. The molecule has 21 heavy (non-hydrogen) atoms. The second-order valence-electron chi connectivity index (χ2n) is 4.77. The number of pyridine rings is 1. The first-order valence-corrected chi connectivity index (χ1v) is 7.25. The fourth-order valence-corrected chi connectivity index (χ4v) is 2.04. The van der Waals surface area contributed by atoms with Crippen molar-refractivity contribution in [1.82, 2.24) is 4.98 Å². The lowest BCUT2D eigenvalue weighted by Gasteiger charge is -2.10. The lowest BCUT2D eigenvalue weighted by Crippen LogP contribution is -2.14. The Morgan fingerprint density at radius 3 is 2.71 bits per heavy atom. The number of amides is 1. The number of rotatable bonds is 5. The molecule has 2 rings (SSSR count). The molecule has 0 unspecified atom stereocenters. The Labute approximate surface area is 129 Å². The average Bonchev–Trinajstić information content (AvgIpc) is 2.47. The molecule has 110 valence electrons. The van der Waals surface area contributed by atoms with Gasteiger partial charge >= 0.3 is 0 Å². The molecule has 0 saturated carbocycles. The number of halogens is 1. The normalized spacial score (nSPS) is 10.2. The van der Waals surface area contributed by atoms with Gasteiger partial charge in [0.25, 0.3) is 5.91 Å². The van der Waals surface area contributed by atoms with E-state index in [9.17, 15) is 4.79 Å². The van der Waals surface area contributed by atoms with E-state index in [-0.39, 0.29) is 5.91 Å². The van der Waals surface area contributed by atoms with E-state index in [2.05, 4.69) is 22.5 Å². The molecule has 0 aliphatic carbocycles. The minimum atomic E-state index is -0.177. The molecular formula is C16H18ClN3O. The van der Waals surface area contributed by atoms with Gasteiger partial charge in [-0.1, -0.05) is 18.5 Å². The van der Waals surface area contributed by atoms with Gasteiger partial charge in [-0.15, -0.1) is 0 Å². The van der Waals surface area contributed by atoms with Crippen molar-refractivity contribution in [2.75, 3.05) is 17.2 Å². The molecule has 0 saturated heterocycles. The van der Waals surface area contributed by atoms with Gasteiger partial charge in [0.15, 0.2) is 0 Å². The predicted molar refractivity (Wildman–Crippen MR) is 87.2 cm³/mol. The van der Waals surface area contributed by atoms with Crippen LogP contribution in [0.15, 0.2) is 36.5 Å². The van der Waals surface area contributed by atoms with Gasteiger partial charge < -0.3 is 10.6 Å². The van der Waals surface area contributed by atoms with Crippen LogP contribution in [0.3, 0.4) is 0 Å². The minimum absolute atomic E-state index is 0.177. The molecule has 0 bridgehead atoms. The zero-order valence-corrected chi connectivity index (χ0v) is 12.9. The van der Waals surface area contributed by atoms with E-state index in [1.165, 1.54) is 6.20 Å². The van der Waals surface area contributed by atoms with Crippen molar-refractivity contribution in [2.45, 2.75) is 20.3 Å². The van der Waals surface area contributed by atoms with Crippen LogP contribution in [0.4, 0.5) is 11.5 Å². The topological polar surface area (TPSA) is 54.0 Å². The number of aromatic nitrogens is 1. The quantitative estimate of drug-likeness (QED) is 0.873. The summed E-state index contributed by atoms with van der Waals surface area (Å²) in [5.74, 6) is 0.307. The van der Waals surface area contributed by atoms with Crippen LogP contribution in [-0.2, 0) is 0 Å². The van der Waals surface area contributed by atoms with E-state index in [1.54, 1.807) is 12.1 Å². The second kappa shape index (κ2) is 7.09. The molecule has 5 heteroatoms. The van der Waals surface area contributed by atoms with Crippen LogP contribution in [0.2, 0.25) is 5.02 Å². The molecule has 0 fully saturated rings. The number of carbonyl (C=O) groups excluding carboxylic acids is 1. The van der Waals surface area contributed by atoms with Crippen LogP contribution in [-0.4, -0.2) is 17.4 Å². The summed E-state index contributed by atoms with van der Waals surface area (Å²) >= 11 is 5.77. The highest BCUT2D eigenvalue weighted by Gasteiger charge is 2.10. The Kier molecular flexibility index (Phi) is 5.17. The van der Waals surface area contributed by atoms with Crippen LogP contribution in [0, 0.1) is 6.92 Å². The predicted octanol–water partition coefficient (Wildman–Crippen LogP) is 4.12. The summed E-state index contributed by atoms with van der Waals surface area (Å²) in [4.78, 5) is 16.3. The van der Waals surface area contributed by atoms with Gasteiger partial charge in [0.05, 0.1) is 5.02 Å². The standard InChI is InChI=1S/C16H18ClN3O/c1-3-8-18-13-5-6-14(11(2)9-13)16(21)20-15-7-4-12(17)10-19-15/h4-7,9-10,18H,3,8H2,1-2H3,(H,19,20,21). The number of nitrogens with zero attached hydrogens (tertiary/aromatic N) is 1. The number of benzene rings is 1. The van der Waals surface area contributed by atoms with Crippen LogP contribution in [0.1, 0.15) is 29.3 Å². The summed E-state index contributed by atoms with van der Waals surface area (Å²) in [5, 5.41) is 6.60. The molecular weight excluding hydrogens is 286 g/mol. The highest BCUT2D eigenvalue weighted by Crippen LogP contribution is 2.17. The molecule has 1 amide bonds. The summed E-state index contributed by atoms with van der Waals surface area (Å²) < 4.78 is 0. The monoisotopic (exact) mass is 303 g/mol. The first-order chi connectivity index (χ1) is 10.1. The van der Waals surface area contributed by atoms with Gasteiger partial charge in [-0.25, -0.2) is 4.98 Å². The Bertz CT molecular complexity index is 626. The number of aryl methyl sites for hydroxylation is 1. The van der Waals surface area contributed by atoms with Crippen molar-refractivity contribution in [1.29, 1.82) is 0 Å². The zero-order chi connectivity index (χ0) is 15.2. The molecule has 0 atom stereocenters. The van der Waals surface area contributed by atoms with Gasteiger partial charge in [0, 0.05) is 24.0 Å². The first kappa shape index (κ1) is 15.3. The zero-order valence-electron chi connectivity index (χ0n) is 12.1. The summed E-state index contributed by atoms with van der Waals surface area (Å²) in [7, 11) is 0. The van der Waals surface area contributed by atoms with Gasteiger partial charge in [0.2, 0.25) is 0 Å². The van der Waals surface area contributed by atoms with E-state index in [0.29, 0.717) is 16.4 Å². The van der Waals surface area contributed by atoms with Crippen LogP contribution < -0.4 is 10.6 Å². The second-order valence-corrected chi connectivity index (χ2v) is 5.21. The number of hydrogen-bond acceptors (Lipinski definition) is 3. The van der Waals surface area contributed by atoms with Crippen molar-refractivity contribution < 1.29 is 4.79 Å². The molecule has 1 heterocycles. The number of carbonyl (C=O) groups is 1. The van der Waals surface area contributed by atoms with Gasteiger partial charge in [0.1, 0.15) is 5.82 Å². The van der Waals surface area contributed by atoms with Gasteiger partial charge in [-0.3, -0.25) is 4.79 Å². The van der Waals surface area contributed by atoms with E-state index in [1.807, 2.05) is 25.1 Å². The average molecular weight is 304 g/mol. The van der Waals surface area contributed by atoms with E-state index >= 15 is 0 Å². The fourth-order valence-electron chi connectivity index (χ4n) is 1.93. The maximum absolute atomic E-state index is 12.2. The van der Waals surface area contributed by atoms with Crippen molar-refractivity contribution in [3.8, 4) is 0 Å². The molecule has 2 N–H and O–H groups in total. The fraction of sp³-hybridized carbons (Fsp3) is 0.250. The maximum atomic E-state index is 12.2. The van der Waals surface area contributed by atoms with Crippen LogP contribution in [0.25, 0.3) is 0 Å². The lowest BCUT2D eigenvalue weighted by molar-refractivity contribution is 0.102. The molecule has 0 aliphatic heterocycles. The van der Waals surface area contributed by atoms with E-state index in [0.717, 1.165) is 24.2 Å².